The molecule has 0 aliphatic carbocycles. The van der Waals surface area contributed by atoms with Crippen LogP contribution in [-0.4, -0.2) is 24.1 Å². The van der Waals surface area contributed by atoms with E-state index in [-0.39, 0.29) is 58.1 Å². The Hall–Kier alpha value is -8.61. The molecule has 4 aromatic heterocycles. The fourth-order valence-corrected chi connectivity index (χ4v) is 9.11. The molecule has 0 spiro atoms. The molecular weight excluding hydrogens is 771 g/mol. The lowest BCUT2D eigenvalue weighted by atomic mass is 9.99. The molecule has 13 rings (SSSR count). The maximum Gasteiger partial charge on any atom is 0.166 e. The summed E-state index contributed by atoms with van der Waals surface area (Å²) in [5.41, 5.74) is 8.93. The normalized spacial score (nSPS) is 13.1. The first kappa shape index (κ1) is 29.6. The summed E-state index contributed by atoms with van der Waals surface area (Å²) in [6.07, 6.45) is 0. The Morgan fingerprint density at radius 1 is 0.381 bits per heavy atom. The highest BCUT2D eigenvalue weighted by Gasteiger charge is 2.22. The Kier molecular flexibility index (Phi) is 6.56. The second-order valence-corrected chi connectivity index (χ2v) is 15.5. The van der Waals surface area contributed by atoms with Crippen molar-refractivity contribution in [2.24, 2.45) is 0 Å². The molecule has 0 amide bonds. The number of rotatable bonds is 6. The Morgan fingerprint density at radius 3 is 1.81 bits per heavy atom. The van der Waals surface area contributed by atoms with Gasteiger partial charge in [-0.1, -0.05) is 158 Å². The molecule has 0 saturated carbocycles. The van der Waals surface area contributed by atoms with E-state index in [1.807, 2.05) is 127 Å². The Labute approximate surface area is 370 Å². The molecule has 63 heavy (non-hydrogen) atoms. The van der Waals surface area contributed by atoms with E-state index in [1.165, 1.54) is 12.1 Å². The van der Waals surface area contributed by atoms with Crippen LogP contribution < -0.4 is 0 Å². The van der Waals surface area contributed by atoms with Gasteiger partial charge in [-0.05, 0) is 60.1 Å². The van der Waals surface area contributed by atoms with Crippen molar-refractivity contribution in [1.82, 2.24) is 24.1 Å². The Bertz CT molecular complexity index is 4210. The van der Waals surface area contributed by atoms with Crippen LogP contribution in [0.1, 0.15) is 8.22 Å². The first-order valence-corrected chi connectivity index (χ1v) is 20.7. The first-order valence-electron chi connectivity index (χ1n) is 23.7. The average Bonchev–Trinajstić information content (AvgIpc) is 4.06. The summed E-state index contributed by atoms with van der Waals surface area (Å²) >= 11 is 0. The molecule has 6 heteroatoms. The van der Waals surface area contributed by atoms with Gasteiger partial charge in [-0.2, -0.15) is 0 Å². The van der Waals surface area contributed by atoms with Crippen LogP contribution in [0.3, 0.4) is 0 Å². The fraction of sp³-hybridized carbons (Fsp3) is 0. The second kappa shape index (κ2) is 14.0. The molecule has 0 bridgehead atoms. The van der Waals surface area contributed by atoms with Crippen LogP contribution in [0.5, 0.6) is 0 Å². The summed E-state index contributed by atoms with van der Waals surface area (Å²) in [5, 5.41) is 4.40. The standard InChI is InChI=1S/C57H35N5O/c1-3-16-36(17-4-1)55-58-56(38-31-32-44-43-22-7-11-26-48(43)61(51(44)35-38)39-18-5-2-6-19-39)60-57(59-55)47-33-30-37(40-24-15-25-46-45-23-10-14-29-53(45)63-54(40)46)34-52(47)62-49-27-12-8-20-41(49)42-21-9-13-28-50(42)62/h1-35H/i8D,9D,20D,21D,27D,28D. The maximum atomic E-state index is 9.41. The van der Waals surface area contributed by atoms with Gasteiger partial charge in [0.15, 0.2) is 17.5 Å². The van der Waals surface area contributed by atoms with Gasteiger partial charge >= 0.3 is 0 Å². The molecule has 0 radical (unpaired) electrons. The van der Waals surface area contributed by atoms with Gasteiger partial charge in [0.25, 0.3) is 0 Å². The quantitative estimate of drug-likeness (QED) is 0.168. The van der Waals surface area contributed by atoms with E-state index < -0.39 is 0 Å². The smallest absolute Gasteiger partial charge is 0.166 e. The number of benzene rings is 9. The van der Waals surface area contributed by atoms with Crippen molar-refractivity contribution in [1.29, 1.82) is 0 Å². The van der Waals surface area contributed by atoms with Crippen LogP contribution in [0.2, 0.25) is 0 Å². The third-order valence-electron chi connectivity index (χ3n) is 11.9. The van der Waals surface area contributed by atoms with E-state index in [9.17, 15) is 5.48 Å². The van der Waals surface area contributed by atoms with E-state index in [1.54, 1.807) is 4.57 Å². The van der Waals surface area contributed by atoms with Crippen molar-refractivity contribution < 1.29 is 12.6 Å². The van der Waals surface area contributed by atoms with Gasteiger partial charge in [-0.25, -0.2) is 15.0 Å². The highest BCUT2D eigenvalue weighted by molar-refractivity contribution is 6.12. The minimum absolute atomic E-state index is 0.0771. The number of nitrogens with zero attached hydrogens (tertiary/aromatic N) is 5. The lowest BCUT2D eigenvalue weighted by Crippen LogP contribution is -2.04. The van der Waals surface area contributed by atoms with Crippen LogP contribution >= 0.6 is 0 Å². The molecule has 0 fully saturated rings. The van der Waals surface area contributed by atoms with Crippen molar-refractivity contribution in [3.8, 4) is 56.7 Å². The fourth-order valence-electron chi connectivity index (χ4n) is 9.11. The topological polar surface area (TPSA) is 61.7 Å². The summed E-state index contributed by atoms with van der Waals surface area (Å²) in [5.74, 6) is 1.13. The zero-order valence-electron chi connectivity index (χ0n) is 39.4. The van der Waals surface area contributed by atoms with Gasteiger partial charge in [0.2, 0.25) is 0 Å². The van der Waals surface area contributed by atoms with E-state index >= 15 is 0 Å². The third kappa shape index (κ3) is 5.55. The summed E-state index contributed by atoms with van der Waals surface area (Å²) in [6.45, 7) is 0. The molecule has 6 nitrogen and oxygen atoms in total. The van der Waals surface area contributed by atoms with Crippen molar-refractivity contribution in [3.05, 3.63) is 212 Å². The van der Waals surface area contributed by atoms with Crippen molar-refractivity contribution in [2.45, 2.75) is 0 Å². The van der Waals surface area contributed by atoms with Gasteiger partial charge in [-0.3, -0.25) is 0 Å². The summed E-state index contributed by atoms with van der Waals surface area (Å²) in [4.78, 5) is 15.6. The lowest BCUT2D eigenvalue weighted by Gasteiger charge is -2.16. The van der Waals surface area contributed by atoms with E-state index in [0.717, 1.165) is 66.1 Å². The zero-order valence-corrected chi connectivity index (χ0v) is 33.4. The van der Waals surface area contributed by atoms with E-state index in [0.29, 0.717) is 34.3 Å². The Morgan fingerprint density at radius 2 is 1.02 bits per heavy atom. The van der Waals surface area contributed by atoms with Gasteiger partial charge in [0.05, 0.1) is 36.0 Å². The predicted molar refractivity (Wildman–Crippen MR) is 258 cm³/mol. The van der Waals surface area contributed by atoms with Crippen LogP contribution in [-0.2, 0) is 0 Å². The molecule has 0 N–H and O–H groups in total. The van der Waals surface area contributed by atoms with Gasteiger partial charge in [0, 0.05) is 60.3 Å². The summed E-state index contributed by atoms with van der Waals surface area (Å²) in [7, 11) is 0. The number of hydrogen-bond acceptors (Lipinski definition) is 4. The second-order valence-electron chi connectivity index (χ2n) is 15.5. The van der Waals surface area contributed by atoms with Crippen molar-refractivity contribution >= 4 is 65.6 Å². The molecule has 0 unspecified atom stereocenters. The van der Waals surface area contributed by atoms with Crippen LogP contribution in [0.25, 0.3) is 122 Å². The van der Waals surface area contributed by atoms with Gasteiger partial charge < -0.3 is 13.6 Å². The molecule has 13 aromatic rings. The van der Waals surface area contributed by atoms with Crippen molar-refractivity contribution in [2.75, 3.05) is 0 Å². The molecular formula is C57H35N5O. The lowest BCUT2D eigenvalue weighted by molar-refractivity contribution is 0.670. The number of hydrogen-bond donors (Lipinski definition) is 0. The summed E-state index contributed by atoms with van der Waals surface area (Å²) < 4.78 is 65.1. The largest absolute Gasteiger partial charge is 0.455 e. The predicted octanol–water partition coefficient (Wildman–Crippen LogP) is 14.6. The Balaban J connectivity index is 1.13. The summed E-state index contributed by atoms with van der Waals surface area (Å²) in [6, 6.07) is 56.0. The van der Waals surface area contributed by atoms with Gasteiger partial charge in [0.1, 0.15) is 11.2 Å². The molecule has 0 aliphatic heterocycles. The minimum atomic E-state index is -0.204. The number of furan rings is 1. The number of para-hydroxylation sites is 6. The highest BCUT2D eigenvalue weighted by Crippen LogP contribution is 2.42. The van der Waals surface area contributed by atoms with E-state index in [2.05, 4.69) is 41.0 Å². The molecule has 0 saturated heterocycles. The third-order valence-corrected chi connectivity index (χ3v) is 11.9. The highest BCUT2D eigenvalue weighted by atomic mass is 16.3. The number of aromatic nitrogens is 5. The van der Waals surface area contributed by atoms with Crippen LogP contribution in [0.4, 0.5) is 0 Å². The average molecular weight is 812 g/mol. The number of fused-ring (bicyclic) bond motifs is 9. The van der Waals surface area contributed by atoms with Gasteiger partial charge in [-0.15, -0.1) is 0 Å². The van der Waals surface area contributed by atoms with Crippen LogP contribution in [0.15, 0.2) is 217 Å². The van der Waals surface area contributed by atoms with E-state index in [4.69, 9.17) is 22.1 Å². The molecule has 0 aliphatic rings. The molecule has 294 valence electrons. The first-order chi connectivity index (χ1) is 33.7. The van der Waals surface area contributed by atoms with Crippen LogP contribution in [0, 0.1) is 0 Å². The SMILES string of the molecule is [2H]c1cc([2H])c2c(c1[2H])c1c([2H])c([2H])cc([2H])c1n2-c1cc(-c2cccc3c2oc2ccccc23)ccc1-c1nc(-c2ccccc2)nc(-c2ccc3c4ccccc4n(-c4ccccc4)c3c2)n1. The molecule has 9 aromatic carbocycles. The monoisotopic (exact) mass is 811 g/mol. The zero-order chi connectivity index (χ0) is 46.7. The minimum Gasteiger partial charge on any atom is -0.455 e. The maximum absolute atomic E-state index is 9.41. The molecule has 0 atom stereocenters. The van der Waals surface area contributed by atoms with Crippen molar-refractivity contribution in [3.63, 3.8) is 0 Å². The molecule has 4 heterocycles.